The lowest BCUT2D eigenvalue weighted by Gasteiger charge is -2.07. The van der Waals surface area contributed by atoms with E-state index >= 15 is 0 Å². The van der Waals surface area contributed by atoms with E-state index in [0.29, 0.717) is 0 Å². The second-order valence-corrected chi connectivity index (χ2v) is 2.92. The lowest BCUT2D eigenvalue weighted by atomic mass is 10.2. The SMILES string of the molecule is CNCc1cc(Cl)ccc1OC. The van der Waals surface area contributed by atoms with Crippen molar-refractivity contribution in [2.45, 2.75) is 6.54 Å². The first kappa shape index (κ1) is 9.36. The van der Waals surface area contributed by atoms with Crippen LogP contribution in [0.1, 0.15) is 5.56 Å². The summed E-state index contributed by atoms with van der Waals surface area (Å²) in [4.78, 5) is 0. The standard InChI is InChI=1S/C9H12ClNO/c1-11-6-7-5-8(10)3-4-9(7)12-2/h3-5,11H,6H2,1-2H3. The molecule has 2 nitrogen and oxygen atoms in total. The molecule has 0 aliphatic carbocycles. The van der Waals surface area contributed by atoms with Crippen molar-refractivity contribution in [3.8, 4) is 5.75 Å². The monoisotopic (exact) mass is 185 g/mol. The van der Waals surface area contributed by atoms with Crippen molar-refractivity contribution in [2.24, 2.45) is 0 Å². The van der Waals surface area contributed by atoms with Crippen molar-refractivity contribution in [1.29, 1.82) is 0 Å². The maximum atomic E-state index is 5.83. The Morgan fingerprint density at radius 3 is 2.83 bits per heavy atom. The minimum atomic E-state index is 0.737. The molecule has 0 spiro atoms. The lowest BCUT2D eigenvalue weighted by molar-refractivity contribution is 0.408. The fraction of sp³-hybridized carbons (Fsp3) is 0.333. The molecule has 1 aromatic carbocycles. The molecule has 3 heteroatoms. The maximum absolute atomic E-state index is 5.83. The Hall–Kier alpha value is -0.730. The predicted octanol–water partition coefficient (Wildman–Crippen LogP) is 2.07. The topological polar surface area (TPSA) is 21.3 Å². The summed E-state index contributed by atoms with van der Waals surface area (Å²) in [5.74, 6) is 0.869. The van der Waals surface area contributed by atoms with E-state index in [1.165, 1.54) is 0 Å². The molecule has 12 heavy (non-hydrogen) atoms. The number of methoxy groups -OCH3 is 1. The molecule has 0 amide bonds. The van der Waals surface area contributed by atoms with Gasteiger partial charge in [-0.3, -0.25) is 0 Å². The van der Waals surface area contributed by atoms with Gasteiger partial charge < -0.3 is 10.1 Å². The van der Waals surface area contributed by atoms with Crippen LogP contribution < -0.4 is 10.1 Å². The molecule has 0 saturated heterocycles. The summed E-state index contributed by atoms with van der Waals surface area (Å²) >= 11 is 5.83. The molecule has 1 aromatic rings. The summed E-state index contributed by atoms with van der Waals surface area (Å²) in [6.45, 7) is 0.768. The van der Waals surface area contributed by atoms with Gasteiger partial charge in [-0.15, -0.1) is 0 Å². The molecule has 0 heterocycles. The van der Waals surface area contributed by atoms with E-state index in [4.69, 9.17) is 16.3 Å². The fourth-order valence-electron chi connectivity index (χ4n) is 1.08. The highest BCUT2D eigenvalue weighted by atomic mass is 35.5. The van der Waals surface area contributed by atoms with E-state index in [-0.39, 0.29) is 0 Å². The van der Waals surface area contributed by atoms with Gasteiger partial charge in [0.25, 0.3) is 0 Å². The Morgan fingerprint density at radius 1 is 1.50 bits per heavy atom. The van der Waals surface area contributed by atoms with Gasteiger partial charge >= 0.3 is 0 Å². The zero-order valence-corrected chi connectivity index (χ0v) is 7.98. The third-order valence-corrected chi connectivity index (χ3v) is 1.84. The summed E-state index contributed by atoms with van der Waals surface area (Å²) < 4.78 is 5.15. The van der Waals surface area contributed by atoms with E-state index < -0.39 is 0 Å². The number of hydrogen-bond donors (Lipinski definition) is 1. The smallest absolute Gasteiger partial charge is 0.123 e. The molecule has 1 N–H and O–H groups in total. The van der Waals surface area contributed by atoms with Crippen molar-refractivity contribution in [3.63, 3.8) is 0 Å². The number of halogens is 1. The van der Waals surface area contributed by atoms with Crippen LogP contribution in [0, 0.1) is 0 Å². The van der Waals surface area contributed by atoms with E-state index in [1.54, 1.807) is 7.11 Å². The second kappa shape index (κ2) is 4.33. The summed E-state index contributed by atoms with van der Waals surface area (Å²) in [7, 11) is 3.54. The zero-order valence-electron chi connectivity index (χ0n) is 7.23. The first-order valence-corrected chi connectivity index (χ1v) is 4.12. The van der Waals surface area contributed by atoms with Crippen molar-refractivity contribution in [1.82, 2.24) is 5.32 Å². The van der Waals surface area contributed by atoms with Gasteiger partial charge in [0.1, 0.15) is 5.75 Å². The van der Waals surface area contributed by atoms with Crippen LogP contribution in [0.25, 0.3) is 0 Å². The van der Waals surface area contributed by atoms with E-state index in [2.05, 4.69) is 5.32 Å². The highest BCUT2D eigenvalue weighted by Gasteiger charge is 2.01. The molecule has 0 fully saturated rings. The van der Waals surface area contributed by atoms with Crippen LogP contribution in [-0.2, 0) is 6.54 Å². The van der Waals surface area contributed by atoms with Gasteiger partial charge in [0, 0.05) is 17.1 Å². The normalized spacial score (nSPS) is 9.92. The van der Waals surface area contributed by atoms with Crippen molar-refractivity contribution in [3.05, 3.63) is 28.8 Å². The van der Waals surface area contributed by atoms with Gasteiger partial charge in [-0.05, 0) is 25.2 Å². The van der Waals surface area contributed by atoms with Gasteiger partial charge in [-0.25, -0.2) is 0 Å². The van der Waals surface area contributed by atoms with Crippen molar-refractivity contribution in [2.75, 3.05) is 14.2 Å². The van der Waals surface area contributed by atoms with Gasteiger partial charge in [0.2, 0.25) is 0 Å². The average molecular weight is 186 g/mol. The van der Waals surface area contributed by atoms with Crippen LogP contribution in [0.15, 0.2) is 18.2 Å². The second-order valence-electron chi connectivity index (χ2n) is 2.49. The van der Waals surface area contributed by atoms with Crippen LogP contribution in [0.4, 0.5) is 0 Å². The molecule has 0 bridgehead atoms. The zero-order chi connectivity index (χ0) is 8.97. The fourth-order valence-corrected chi connectivity index (χ4v) is 1.27. The van der Waals surface area contributed by atoms with E-state index in [0.717, 1.165) is 22.9 Å². The highest BCUT2D eigenvalue weighted by molar-refractivity contribution is 6.30. The molecule has 0 atom stereocenters. The van der Waals surface area contributed by atoms with Gasteiger partial charge in [-0.2, -0.15) is 0 Å². The largest absolute Gasteiger partial charge is 0.496 e. The molecule has 0 aromatic heterocycles. The Balaban J connectivity index is 2.95. The van der Waals surface area contributed by atoms with Crippen LogP contribution in [-0.4, -0.2) is 14.2 Å². The molecule has 0 saturated carbocycles. The molecular formula is C9H12ClNO. The number of benzene rings is 1. The highest BCUT2D eigenvalue weighted by Crippen LogP contribution is 2.21. The molecule has 0 aliphatic rings. The van der Waals surface area contributed by atoms with Gasteiger partial charge in [0.05, 0.1) is 7.11 Å². The van der Waals surface area contributed by atoms with Crippen LogP contribution >= 0.6 is 11.6 Å². The van der Waals surface area contributed by atoms with Gasteiger partial charge in [-0.1, -0.05) is 11.6 Å². The van der Waals surface area contributed by atoms with E-state index in [9.17, 15) is 0 Å². The van der Waals surface area contributed by atoms with Crippen LogP contribution in [0.5, 0.6) is 5.75 Å². The minimum Gasteiger partial charge on any atom is -0.496 e. The molecule has 66 valence electrons. The summed E-state index contributed by atoms with van der Waals surface area (Å²) in [6, 6.07) is 5.59. The van der Waals surface area contributed by atoms with Gasteiger partial charge in [0.15, 0.2) is 0 Å². The molecule has 0 aliphatic heterocycles. The minimum absolute atomic E-state index is 0.737. The Kier molecular flexibility index (Phi) is 3.38. The van der Waals surface area contributed by atoms with Crippen molar-refractivity contribution < 1.29 is 4.74 Å². The predicted molar refractivity (Wildman–Crippen MR) is 50.8 cm³/mol. The summed E-state index contributed by atoms with van der Waals surface area (Å²) in [5, 5.41) is 3.78. The van der Waals surface area contributed by atoms with Crippen LogP contribution in [0.3, 0.4) is 0 Å². The Bertz CT molecular complexity index is 263. The third-order valence-electron chi connectivity index (χ3n) is 1.61. The summed E-state index contributed by atoms with van der Waals surface area (Å²) in [6.07, 6.45) is 0. The van der Waals surface area contributed by atoms with Crippen LogP contribution in [0.2, 0.25) is 5.02 Å². The number of hydrogen-bond acceptors (Lipinski definition) is 2. The average Bonchev–Trinajstić information content (AvgIpc) is 2.05. The first-order valence-electron chi connectivity index (χ1n) is 3.75. The Labute approximate surface area is 77.5 Å². The lowest BCUT2D eigenvalue weighted by Crippen LogP contribution is -2.06. The quantitative estimate of drug-likeness (QED) is 0.779. The third kappa shape index (κ3) is 2.13. The molecule has 0 radical (unpaired) electrons. The Morgan fingerprint density at radius 2 is 2.25 bits per heavy atom. The molecule has 0 unspecified atom stereocenters. The number of rotatable bonds is 3. The number of nitrogens with one attached hydrogen (secondary N) is 1. The summed E-state index contributed by atoms with van der Waals surface area (Å²) in [5.41, 5.74) is 1.08. The maximum Gasteiger partial charge on any atom is 0.123 e. The first-order chi connectivity index (χ1) is 5.77. The number of ether oxygens (including phenoxy) is 1. The van der Waals surface area contributed by atoms with Crippen molar-refractivity contribution >= 4 is 11.6 Å². The van der Waals surface area contributed by atoms with E-state index in [1.807, 2.05) is 25.2 Å². The molecular weight excluding hydrogens is 174 g/mol. The molecule has 1 rings (SSSR count).